The number of carbonyl (C=O) groups is 1. The number of aromatic nitrogens is 1. The highest BCUT2D eigenvalue weighted by Gasteiger charge is 2.00. The number of carboxylic acids is 1. The molecule has 0 fully saturated rings. The van der Waals surface area contributed by atoms with Crippen molar-refractivity contribution in [3.8, 4) is 0 Å². The molecule has 0 unspecified atom stereocenters. The van der Waals surface area contributed by atoms with Crippen LogP contribution in [-0.2, 0) is 11.2 Å². The van der Waals surface area contributed by atoms with Gasteiger partial charge in [-0.2, -0.15) is 0 Å². The van der Waals surface area contributed by atoms with Gasteiger partial charge in [0, 0.05) is 18.0 Å². The fourth-order valence-corrected chi connectivity index (χ4v) is 1.70. The number of hydrogen-bond acceptors (Lipinski definition) is 2. The van der Waals surface area contributed by atoms with E-state index in [4.69, 9.17) is 5.11 Å². The molecule has 0 aliphatic carbocycles. The van der Waals surface area contributed by atoms with Crippen molar-refractivity contribution in [2.75, 3.05) is 0 Å². The molecule has 1 N–H and O–H groups in total. The Kier molecular flexibility index (Phi) is 3.15. The third-order valence-corrected chi connectivity index (χ3v) is 2.50. The summed E-state index contributed by atoms with van der Waals surface area (Å²) < 4.78 is 0. The van der Waals surface area contributed by atoms with Crippen LogP contribution in [0.2, 0.25) is 0 Å². The van der Waals surface area contributed by atoms with E-state index in [-0.39, 0.29) is 6.42 Å². The van der Waals surface area contributed by atoms with Crippen LogP contribution in [0.5, 0.6) is 0 Å². The summed E-state index contributed by atoms with van der Waals surface area (Å²) in [7, 11) is 0. The van der Waals surface area contributed by atoms with Gasteiger partial charge in [0.25, 0.3) is 0 Å². The maximum absolute atomic E-state index is 10.4. The Balaban J connectivity index is 2.10. The second-order valence-electron chi connectivity index (χ2n) is 3.78. The zero-order valence-corrected chi connectivity index (χ0v) is 8.89. The van der Waals surface area contributed by atoms with Gasteiger partial charge in [0.2, 0.25) is 0 Å². The summed E-state index contributed by atoms with van der Waals surface area (Å²) in [5, 5.41) is 9.65. The Bertz CT molecular complexity index is 508. The number of fused-ring (bicyclic) bond motifs is 1. The summed E-state index contributed by atoms with van der Waals surface area (Å²) in [5.41, 5.74) is 2.07. The molecule has 3 nitrogen and oxygen atoms in total. The monoisotopic (exact) mass is 215 g/mol. The zero-order valence-electron chi connectivity index (χ0n) is 8.89. The van der Waals surface area contributed by atoms with Gasteiger partial charge in [0.05, 0.1) is 5.52 Å². The van der Waals surface area contributed by atoms with Crippen molar-refractivity contribution >= 4 is 16.9 Å². The molecule has 2 rings (SSSR count). The predicted octanol–water partition coefficient (Wildman–Crippen LogP) is 2.64. The van der Waals surface area contributed by atoms with Gasteiger partial charge in [-0.05, 0) is 30.5 Å². The molecule has 0 aliphatic heterocycles. The minimum Gasteiger partial charge on any atom is -0.481 e. The molecule has 0 saturated carbocycles. The molecule has 1 aromatic heterocycles. The average molecular weight is 215 g/mol. The Morgan fingerprint density at radius 2 is 2.12 bits per heavy atom. The average Bonchev–Trinajstić information content (AvgIpc) is 2.28. The van der Waals surface area contributed by atoms with Crippen molar-refractivity contribution in [1.29, 1.82) is 0 Å². The summed E-state index contributed by atoms with van der Waals surface area (Å²) in [6, 6.07) is 9.99. The lowest BCUT2D eigenvalue weighted by atomic mass is 10.1. The Morgan fingerprint density at radius 3 is 2.94 bits per heavy atom. The van der Waals surface area contributed by atoms with Crippen molar-refractivity contribution in [3.63, 3.8) is 0 Å². The molecule has 0 bridgehead atoms. The van der Waals surface area contributed by atoms with Crippen LogP contribution in [0.4, 0.5) is 0 Å². The fourth-order valence-electron chi connectivity index (χ4n) is 1.70. The van der Waals surface area contributed by atoms with Crippen molar-refractivity contribution in [1.82, 2.24) is 4.98 Å². The van der Waals surface area contributed by atoms with Gasteiger partial charge in [-0.25, -0.2) is 0 Å². The van der Waals surface area contributed by atoms with Crippen LogP contribution in [-0.4, -0.2) is 16.1 Å². The highest BCUT2D eigenvalue weighted by Crippen LogP contribution is 2.14. The number of benzene rings is 1. The molecular weight excluding hydrogens is 202 g/mol. The van der Waals surface area contributed by atoms with E-state index >= 15 is 0 Å². The minimum atomic E-state index is -0.742. The second kappa shape index (κ2) is 4.75. The maximum Gasteiger partial charge on any atom is 0.303 e. The first kappa shape index (κ1) is 10.6. The predicted molar refractivity (Wildman–Crippen MR) is 62.3 cm³/mol. The molecule has 0 amide bonds. The lowest BCUT2D eigenvalue weighted by Gasteiger charge is -2.01. The van der Waals surface area contributed by atoms with Crippen molar-refractivity contribution in [2.45, 2.75) is 19.3 Å². The lowest BCUT2D eigenvalue weighted by molar-refractivity contribution is -0.137. The molecular formula is C13H13NO2. The fraction of sp³-hybridized carbons (Fsp3) is 0.231. The van der Waals surface area contributed by atoms with Gasteiger partial charge < -0.3 is 5.11 Å². The van der Waals surface area contributed by atoms with Gasteiger partial charge in [-0.3, -0.25) is 9.78 Å². The van der Waals surface area contributed by atoms with Crippen LogP contribution in [0.25, 0.3) is 10.9 Å². The van der Waals surface area contributed by atoms with Crippen LogP contribution >= 0.6 is 0 Å². The highest BCUT2D eigenvalue weighted by molar-refractivity contribution is 5.78. The van der Waals surface area contributed by atoms with E-state index in [2.05, 4.69) is 11.1 Å². The van der Waals surface area contributed by atoms with Crippen molar-refractivity contribution in [2.24, 2.45) is 0 Å². The van der Waals surface area contributed by atoms with E-state index in [1.165, 1.54) is 0 Å². The summed E-state index contributed by atoms with van der Waals surface area (Å²) in [5.74, 6) is -0.742. The molecule has 0 radical (unpaired) electrons. The first-order valence-electron chi connectivity index (χ1n) is 5.31. The maximum atomic E-state index is 10.4. The van der Waals surface area contributed by atoms with Gasteiger partial charge in [-0.15, -0.1) is 0 Å². The van der Waals surface area contributed by atoms with Crippen molar-refractivity contribution < 1.29 is 9.90 Å². The Morgan fingerprint density at radius 1 is 1.31 bits per heavy atom. The van der Waals surface area contributed by atoms with Gasteiger partial charge >= 0.3 is 5.97 Å². The zero-order chi connectivity index (χ0) is 11.4. The molecule has 0 atom stereocenters. The molecule has 1 heterocycles. The largest absolute Gasteiger partial charge is 0.481 e. The first-order chi connectivity index (χ1) is 7.75. The minimum absolute atomic E-state index is 0.215. The van der Waals surface area contributed by atoms with Gasteiger partial charge in [0.15, 0.2) is 0 Å². The summed E-state index contributed by atoms with van der Waals surface area (Å²) >= 11 is 0. The molecule has 0 spiro atoms. The van der Waals surface area contributed by atoms with E-state index < -0.39 is 5.97 Å². The van der Waals surface area contributed by atoms with Crippen molar-refractivity contribution in [3.05, 3.63) is 42.1 Å². The third-order valence-electron chi connectivity index (χ3n) is 2.50. The second-order valence-corrected chi connectivity index (χ2v) is 3.78. The number of nitrogens with zero attached hydrogens (tertiary/aromatic N) is 1. The summed E-state index contributed by atoms with van der Waals surface area (Å²) in [6.45, 7) is 0. The first-order valence-corrected chi connectivity index (χ1v) is 5.31. The number of carboxylic acid groups (broad SMARTS) is 1. The summed E-state index contributed by atoms with van der Waals surface area (Å²) in [4.78, 5) is 14.7. The number of hydrogen-bond donors (Lipinski definition) is 1. The number of aryl methyl sites for hydroxylation is 1. The molecule has 0 saturated heterocycles. The van der Waals surface area contributed by atoms with E-state index in [0.717, 1.165) is 22.9 Å². The SMILES string of the molecule is O=C(O)CCCc1cnc2ccccc2c1. The van der Waals surface area contributed by atoms with Crippen LogP contribution < -0.4 is 0 Å². The Hall–Kier alpha value is -1.90. The summed E-state index contributed by atoms with van der Waals surface area (Å²) in [6.07, 6.45) is 3.47. The molecule has 1 aromatic carbocycles. The lowest BCUT2D eigenvalue weighted by Crippen LogP contribution is -1.96. The quantitative estimate of drug-likeness (QED) is 0.852. The number of para-hydroxylation sites is 1. The Labute approximate surface area is 93.7 Å². The normalized spacial score (nSPS) is 10.5. The highest BCUT2D eigenvalue weighted by atomic mass is 16.4. The number of pyridine rings is 1. The number of rotatable bonds is 4. The van der Waals surface area contributed by atoms with E-state index in [1.54, 1.807) is 0 Å². The van der Waals surface area contributed by atoms with Crippen LogP contribution in [0.15, 0.2) is 36.5 Å². The topological polar surface area (TPSA) is 50.2 Å². The number of aliphatic carboxylic acids is 1. The van der Waals surface area contributed by atoms with Gasteiger partial charge in [-0.1, -0.05) is 18.2 Å². The van der Waals surface area contributed by atoms with Gasteiger partial charge in [0.1, 0.15) is 0 Å². The standard InChI is InChI=1S/C13H13NO2/c15-13(16)7-3-4-10-8-11-5-1-2-6-12(11)14-9-10/h1-2,5-6,8-9H,3-4,7H2,(H,15,16). The van der Waals surface area contributed by atoms with Crippen LogP contribution in [0.1, 0.15) is 18.4 Å². The van der Waals surface area contributed by atoms with E-state index in [0.29, 0.717) is 6.42 Å². The van der Waals surface area contributed by atoms with E-state index in [1.807, 2.05) is 30.5 Å². The van der Waals surface area contributed by atoms with E-state index in [9.17, 15) is 4.79 Å². The molecule has 0 aliphatic rings. The molecule has 3 heteroatoms. The molecule has 2 aromatic rings. The smallest absolute Gasteiger partial charge is 0.303 e. The van der Waals surface area contributed by atoms with Crippen LogP contribution in [0.3, 0.4) is 0 Å². The van der Waals surface area contributed by atoms with Crippen LogP contribution in [0, 0.1) is 0 Å². The molecule has 82 valence electrons. The molecule has 16 heavy (non-hydrogen) atoms. The third kappa shape index (κ3) is 2.57.